The minimum absolute atomic E-state index is 0.255. The molecule has 3 aromatic rings. The highest BCUT2D eigenvalue weighted by atomic mass is 19.1. The Balaban J connectivity index is 1.62. The number of aryl methyl sites for hydroxylation is 1. The fraction of sp³-hybridized carbons (Fsp3) is 0.238. The van der Waals surface area contributed by atoms with Crippen LogP contribution in [0.2, 0.25) is 0 Å². The smallest absolute Gasteiger partial charge is 0.255 e. The van der Waals surface area contributed by atoms with Gasteiger partial charge in [0.1, 0.15) is 11.3 Å². The number of amides is 1. The van der Waals surface area contributed by atoms with Crippen molar-refractivity contribution in [3.63, 3.8) is 0 Å². The van der Waals surface area contributed by atoms with Crippen LogP contribution >= 0.6 is 0 Å². The zero-order chi connectivity index (χ0) is 18.1. The summed E-state index contributed by atoms with van der Waals surface area (Å²) >= 11 is 0. The van der Waals surface area contributed by atoms with E-state index in [1.807, 2.05) is 31.2 Å². The lowest BCUT2D eigenvalue weighted by Gasteiger charge is -2.17. The number of carbonyl (C=O) groups is 1. The van der Waals surface area contributed by atoms with E-state index in [1.165, 1.54) is 6.07 Å². The molecule has 1 aromatic heterocycles. The Bertz CT molecular complexity index is 980. The normalized spacial score (nSPS) is 14.0. The predicted octanol–water partition coefficient (Wildman–Crippen LogP) is 4.53. The van der Waals surface area contributed by atoms with Crippen LogP contribution in [0.25, 0.3) is 10.9 Å². The minimum atomic E-state index is -0.428. The number of halogens is 1. The van der Waals surface area contributed by atoms with E-state index in [0.717, 1.165) is 37.3 Å². The van der Waals surface area contributed by atoms with Crippen molar-refractivity contribution in [2.75, 3.05) is 23.3 Å². The predicted molar refractivity (Wildman–Crippen MR) is 102 cm³/mol. The molecule has 0 bridgehead atoms. The Kier molecular flexibility index (Phi) is 4.29. The number of nitrogens with one attached hydrogen (secondary N) is 1. The van der Waals surface area contributed by atoms with Crippen molar-refractivity contribution in [3.8, 4) is 0 Å². The maximum absolute atomic E-state index is 14.6. The second-order valence-corrected chi connectivity index (χ2v) is 6.72. The molecule has 1 N–H and O–H groups in total. The molecule has 2 heterocycles. The van der Waals surface area contributed by atoms with Crippen LogP contribution in [0.1, 0.15) is 28.8 Å². The third-order valence-electron chi connectivity index (χ3n) is 4.70. The van der Waals surface area contributed by atoms with Crippen molar-refractivity contribution in [1.82, 2.24) is 4.98 Å². The third kappa shape index (κ3) is 3.25. The number of pyridine rings is 1. The molecule has 0 radical (unpaired) electrons. The lowest BCUT2D eigenvalue weighted by atomic mass is 10.1. The maximum atomic E-state index is 14.6. The van der Waals surface area contributed by atoms with E-state index in [2.05, 4.69) is 15.2 Å². The Morgan fingerprint density at radius 2 is 1.92 bits per heavy atom. The number of fused-ring (bicyclic) bond motifs is 1. The van der Waals surface area contributed by atoms with E-state index in [-0.39, 0.29) is 5.91 Å². The lowest BCUT2D eigenvalue weighted by molar-refractivity contribution is 0.102. The molecule has 1 aliphatic heterocycles. The van der Waals surface area contributed by atoms with Crippen LogP contribution in [0.3, 0.4) is 0 Å². The Morgan fingerprint density at radius 3 is 2.69 bits per heavy atom. The average molecular weight is 349 g/mol. The fourth-order valence-corrected chi connectivity index (χ4v) is 3.37. The number of rotatable bonds is 3. The topological polar surface area (TPSA) is 45.2 Å². The number of nitrogens with zero attached hydrogens (tertiary/aromatic N) is 2. The lowest BCUT2D eigenvalue weighted by Crippen LogP contribution is -2.18. The first-order chi connectivity index (χ1) is 12.6. The second-order valence-electron chi connectivity index (χ2n) is 6.72. The van der Waals surface area contributed by atoms with Gasteiger partial charge in [-0.3, -0.25) is 4.79 Å². The molecule has 0 atom stereocenters. The number of carbonyl (C=O) groups excluding carboxylic acids is 1. The second kappa shape index (κ2) is 6.75. The SMILES string of the molecule is Cc1cccc(C(=O)Nc2cc(F)c3nc(N4CCCC4)ccc3c2)c1. The van der Waals surface area contributed by atoms with Gasteiger partial charge in [0, 0.05) is 29.7 Å². The molecule has 0 unspecified atom stereocenters. The van der Waals surface area contributed by atoms with Crippen LogP contribution in [-0.2, 0) is 0 Å². The molecule has 0 saturated carbocycles. The first kappa shape index (κ1) is 16.5. The number of hydrogen-bond acceptors (Lipinski definition) is 3. The van der Waals surface area contributed by atoms with Crippen molar-refractivity contribution >= 4 is 28.3 Å². The number of anilines is 2. The molecule has 2 aromatic carbocycles. The summed E-state index contributed by atoms with van der Waals surface area (Å²) in [5.41, 5.74) is 2.31. The monoisotopic (exact) mass is 349 g/mol. The summed E-state index contributed by atoms with van der Waals surface area (Å²) in [5, 5.41) is 3.44. The first-order valence-corrected chi connectivity index (χ1v) is 8.83. The zero-order valence-corrected chi connectivity index (χ0v) is 14.6. The largest absolute Gasteiger partial charge is 0.357 e. The van der Waals surface area contributed by atoms with E-state index in [9.17, 15) is 9.18 Å². The Hall–Kier alpha value is -2.95. The van der Waals surface area contributed by atoms with Gasteiger partial charge in [0.15, 0.2) is 5.82 Å². The number of hydrogen-bond donors (Lipinski definition) is 1. The van der Waals surface area contributed by atoms with Crippen LogP contribution < -0.4 is 10.2 Å². The van der Waals surface area contributed by atoms with Gasteiger partial charge in [-0.1, -0.05) is 17.7 Å². The highest BCUT2D eigenvalue weighted by Crippen LogP contribution is 2.26. The average Bonchev–Trinajstić information content (AvgIpc) is 3.16. The molecule has 26 heavy (non-hydrogen) atoms. The number of aromatic nitrogens is 1. The van der Waals surface area contributed by atoms with Gasteiger partial charge in [0.25, 0.3) is 5.91 Å². The molecule has 0 aliphatic carbocycles. The van der Waals surface area contributed by atoms with Gasteiger partial charge >= 0.3 is 0 Å². The van der Waals surface area contributed by atoms with E-state index in [1.54, 1.807) is 18.2 Å². The number of benzene rings is 2. The molecule has 1 saturated heterocycles. The van der Waals surface area contributed by atoms with Crippen LogP contribution in [0, 0.1) is 12.7 Å². The molecular weight excluding hydrogens is 329 g/mol. The Morgan fingerprint density at radius 1 is 1.12 bits per heavy atom. The molecule has 1 amide bonds. The van der Waals surface area contributed by atoms with E-state index in [4.69, 9.17) is 0 Å². The minimum Gasteiger partial charge on any atom is -0.357 e. The molecule has 4 rings (SSSR count). The van der Waals surface area contributed by atoms with Crippen LogP contribution in [0.4, 0.5) is 15.9 Å². The standard InChI is InChI=1S/C21H20FN3O/c1-14-5-4-6-16(11-14)21(26)23-17-12-15-7-8-19(25-9-2-3-10-25)24-20(15)18(22)13-17/h4-8,11-13H,2-3,9-10H2,1H3,(H,23,26). The maximum Gasteiger partial charge on any atom is 0.255 e. The summed E-state index contributed by atoms with van der Waals surface area (Å²) in [6.07, 6.45) is 2.29. The summed E-state index contributed by atoms with van der Waals surface area (Å²) in [5.74, 6) is 0.127. The van der Waals surface area contributed by atoms with E-state index < -0.39 is 5.82 Å². The molecule has 132 valence electrons. The van der Waals surface area contributed by atoms with Gasteiger partial charge in [-0.2, -0.15) is 0 Å². The molecular formula is C21H20FN3O. The molecule has 1 fully saturated rings. The van der Waals surface area contributed by atoms with Crippen molar-refractivity contribution in [2.45, 2.75) is 19.8 Å². The van der Waals surface area contributed by atoms with Crippen molar-refractivity contribution in [1.29, 1.82) is 0 Å². The highest BCUT2D eigenvalue weighted by Gasteiger charge is 2.15. The van der Waals surface area contributed by atoms with Crippen molar-refractivity contribution < 1.29 is 9.18 Å². The molecule has 4 nitrogen and oxygen atoms in total. The van der Waals surface area contributed by atoms with Gasteiger partial charge in [0.05, 0.1) is 0 Å². The third-order valence-corrected chi connectivity index (χ3v) is 4.70. The van der Waals surface area contributed by atoms with Gasteiger partial charge in [-0.05, 0) is 56.2 Å². The highest BCUT2D eigenvalue weighted by molar-refractivity contribution is 6.05. The van der Waals surface area contributed by atoms with E-state index in [0.29, 0.717) is 22.2 Å². The fourth-order valence-electron chi connectivity index (χ4n) is 3.37. The summed E-state index contributed by atoms with van der Waals surface area (Å²) in [6, 6.07) is 14.2. The first-order valence-electron chi connectivity index (χ1n) is 8.83. The van der Waals surface area contributed by atoms with Gasteiger partial charge in [0.2, 0.25) is 0 Å². The quantitative estimate of drug-likeness (QED) is 0.755. The van der Waals surface area contributed by atoms with Crippen molar-refractivity contribution in [2.24, 2.45) is 0 Å². The zero-order valence-electron chi connectivity index (χ0n) is 14.6. The van der Waals surface area contributed by atoms with Gasteiger partial charge < -0.3 is 10.2 Å². The van der Waals surface area contributed by atoms with Gasteiger partial charge in [-0.25, -0.2) is 9.37 Å². The summed E-state index contributed by atoms with van der Waals surface area (Å²) in [4.78, 5) is 19.0. The summed E-state index contributed by atoms with van der Waals surface area (Å²) < 4.78 is 14.6. The van der Waals surface area contributed by atoms with Crippen LogP contribution in [0.5, 0.6) is 0 Å². The van der Waals surface area contributed by atoms with Crippen LogP contribution in [0.15, 0.2) is 48.5 Å². The van der Waals surface area contributed by atoms with Crippen LogP contribution in [-0.4, -0.2) is 24.0 Å². The molecule has 1 aliphatic rings. The molecule has 5 heteroatoms. The summed E-state index contributed by atoms with van der Waals surface area (Å²) in [6.45, 7) is 3.85. The van der Waals surface area contributed by atoms with E-state index >= 15 is 0 Å². The molecule has 0 spiro atoms. The Labute approximate surface area is 151 Å². The van der Waals surface area contributed by atoms with Crippen molar-refractivity contribution in [3.05, 3.63) is 65.5 Å². The summed E-state index contributed by atoms with van der Waals surface area (Å²) in [7, 11) is 0. The van der Waals surface area contributed by atoms with Gasteiger partial charge in [-0.15, -0.1) is 0 Å².